The molecule has 2 N–H and O–H groups in total. The van der Waals surface area contributed by atoms with E-state index in [0.29, 0.717) is 40.2 Å². The SMILES string of the molecule is CNc1cc[nH]c(=O)c1C1=Nc2cc3c(cc2C1)C(=O)N(C1CCN(C)CC1)C3=O. The molecule has 4 heterocycles. The van der Waals surface area contributed by atoms with Crippen LogP contribution in [0.25, 0.3) is 0 Å². The van der Waals surface area contributed by atoms with Gasteiger partial charge in [0.1, 0.15) is 0 Å². The van der Waals surface area contributed by atoms with E-state index in [9.17, 15) is 14.4 Å². The summed E-state index contributed by atoms with van der Waals surface area (Å²) in [5, 5.41) is 3.03. The Balaban J connectivity index is 1.49. The fraction of sp³-hybridized carbons (Fsp3) is 0.364. The predicted molar refractivity (Wildman–Crippen MR) is 114 cm³/mol. The number of rotatable bonds is 3. The van der Waals surface area contributed by atoms with Crippen LogP contribution in [0.3, 0.4) is 0 Å². The number of carbonyl (C=O) groups excluding carboxylic acids is 2. The number of hydrogen-bond donors (Lipinski definition) is 2. The molecule has 0 saturated carbocycles. The summed E-state index contributed by atoms with van der Waals surface area (Å²) in [5.41, 5.74) is 3.97. The number of H-pyrrole nitrogens is 1. The summed E-state index contributed by atoms with van der Waals surface area (Å²) in [6.45, 7) is 1.75. The lowest BCUT2D eigenvalue weighted by molar-refractivity contribution is 0.0516. The van der Waals surface area contributed by atoms with E-state index in [1.165, 1.54) is 4.90 Å². The summed E-state index contributed by atoms with van der Waals surface area (Å²) >= 11 is 0. The van der Waals surface area contributed by atoms with E-state index in [0.717, 1.165) is 31.5 Å². The Labute approximate surface area is 173 Å². The maximum absolute atomic E-state index is 13.1. The van der Waals surface area contributed by atoms with Crippen LogP contribution in [0.2, 0.25) is 0 Å². The number of carbonyl (C=O) groups is 2. The molecule has 0 aliphatic carbocycles. The molecule has 1 fully saturated rings. The van der Waals surface area contributed by atoms with Gasteiger partial charge < -0.3 is 15.2 Å². The lowest BCUT2D eigenvalue weighted by Gasteiger charge is -2.33. The van der Waals surface area contributed by atoms with Gasteiger partial charge in [-0.1, -0.05) is 0 Å². The summed E-state index contributed by atoms with van der Waals surface area (Å²) in [6.07, 6.45) is 3.63. The van der Waals surface area contributed by atoms with Gasteiger partial charge in [0.25, 0.3) is 17.4 Å². The van der Waals surface area contributed by atoms with Crippen LogP contribution in [-0.4, -0.2) is 65.5 Å². The number of imide groups is 1. The van der Waals surface area contributed by atoms with Crippen molar-refractivity contribution in [3.8, 4) is 0 Å². The molecule has 0 bridgehead atoms. The van der Waals surface area contributed by atoms with Crippen molar-refractivity contribution in [1.29, 1.82) is 0 Å². The maximum Gasteiger partial charge on any atom is 0.261 e. The van der Waals surface area contributed by atoms with E-state index in [2.05, 4.69) is 27.2 Å². The van der Waals surface area contributed by atoms with E-state index < -0.39 is 0 Å². The molecule has 30 heavy (non-hydrogen) atoms. The van der Waals surface area contributed by atoms with Crippen molar-refractivity contribution >= 4 is 28.9 Å². The molecule has 2 amide bonds. The first kappa shape index (κ1) is 18.7. The highest BCUT2D eigenvalue weighted by atomic mass is 16.2. The number of nitrogens with zero attached hydrogens (tertiary/aromatic N) is 3. The van der Waals surface area contributed by atoms with Gasteiger partial charge in [0.15, 0.2) is 0 Å². The summed E-state index contributed by atoms with van der Waals surface area (Å²) in [6, 6.07) is 5.23. The van der Waals surface area contributed by atoms with Crippen molar-refractivity contribution in [3.63, 3.8) is 0 Å². The fourth-order valence-corrected chi connectivity index (χ4v) is 4.65. The molecule has 8 nitrogen and oxygen atoms in total. The van der Waals surface area contributed by atoms with E-state index in [1.54, 1.807) is 31.4 Å². The third kappa shape index (κ3) is 2.79. The van der Waals surface area contributed by atoms with Gasteiger partial charge in [0.05, 0.1) is 33.8 Å². The van der Waals surface area contributed by atoms with E-state index in [4.69, 9.17) is 0 Å². The Bertz CT molecular complexity index is 1160. The second-order valence-corrected chi connectivity index (χ2v) is 8.12. The number of aliphatic imine (C=N–C) groups is 1. The first-order valence-corrected chi connectivity index (χ1v) is 10.2. The molecule has 154 valence electrons. The average molecular weight is 405 g/mol. The van der Waals surface area contributed by atoms with Crippen molar-refractivity contribution in [2.45, 2.75) is 25.3 Å². The minimum atomic E-state index is -0.232. The molecule has 0 radical (unpaired) electrons. The molecule has 8 heteroatoms. The van der Waals surface area contributed by atoms with Crippen molar-refractivity contribution < 1.29 is 9.59 Å². The molecule has 1 saturated heterocycles. The summed E-state index contributed by atoms with van der Waals surface area (Å²) in [4.78, 5) is 49.5. The average Bonchev–Trinajstić information content (AvgIpc) is 3.25. The number of amides is 2. The summed E-state index contributed by atoms with van der Waals surface area (Å²) < 4.78 is 0. The number of anilines is 1. The Morgan fingerprint density at radius 1 is 1.10 bits per heavy atom. The van der Waals surface area contributed by atoms with Gasteiger partial charge >= 0.3 is 0 Å². The second kappa shape index (κ2) is 6.91. The number of aromatic amines is 1. The second-order valence-electron chi connectivity index (χ2n) is 8.12. The van der Waals surface area contributed by atoms with Crippen LogP contribution >= 0.6 is 0 Å². The highest BCUT2D eigenvalue weighted by Gasteiger charge is 2.41. The first-order chi connectivity index (χ1) is 14.5. The number of benzene rings is 1. The van der Waals surface area contributed by atoms with Crippen molar-refractivity contribution in [2.75, 3.05) is 32.5 Å². The van der Waals surface area contributed by atoms with Gasteiger partial charge in [0.2, 0.25) is 0 Å². The maximum atomic E-state index is 13.1. The molecule has 5 rings (SSSR count). The minimum absolute atomic E-state index is 0.0523. The number of aromatic nitrogens is 1. The number of pyridine rings is 1. The normalized spacial score (nSPS) is 19.1. The molecular formula is C22H23N5O3. The number of nitrogens with one attached hydrogen (secondary N) is 2. The van der Waals surface area contributed by atoms with Crippen molar-refractivity contribution in [1.82, 2.24) is 14.8 Å². The number of piperidine rings is 1. The molecule has 0 spiro atoms. The largest absolute Gasteiger partial charge is 0.387 e. The minimum Gasteiger partial charge on any atom is -0.387 e. The van der Waals surface area contributed by atoms with Gasteiger partial charge in [-0.3, -0.25) is 24.3 Å². The molecule has 3 aliphatic rings. The molecule has 0 atom stereocenters. The highest BCUT2D eigenvalue weighted by molar-refractivity contribution is 6.22. The van der Waals surface area contributed by atoms with E-state index >= 15 is 0 Å². The lowest BCUT2D eigenvalue weighted by Crippen LogP contribution is -2.46. The topological polar surface area (TPSA) is 97.9 Å². The van der Waals surface area contributed by atoms with E-state index in [1.807, 2.05) is 0 Å². The van der Waals surface area contributed by atoms with Crippen molar-refractivity contribution in [2.24, 2.45) is 4.99 Å². The van der Waals surface area contributed by atoms with Gasteiger partial charge in [-0.25, -0.2) is 0 Å². The van der Waals surface area contributed by atoms with Crippen LogP contribution in [0.4, 0.5) is 11.4 Å². The number of likely N-dealkylation sites (tertiary alicyclic amines) is 1. The quantitative estimate of drug-likeness (QED) is 0.759. The zero-order valence-corrected chi connectivity index (χ0v) is 17.0. The van der Waals surface area contributed by atoms with Gasteiger partial charge in [-0.15, -0.1) is 0 Å². The van der Waals surface area contributed by atoms with Crippen LogP contribution in [-0.2, 0) is 6.42 Å². The third-order valence-corrected chi connectivity index (χ3v) is 6.30. The lowest BCUT2D eigenvalue weighted by atomic mass is 10.00. The zero-order valence-electron chi connectivity index (χ0n) is 17.0. The van der Waals surface area contributed by atoms with Crippen molar-refractivity contribution in [3.05, 3.63) is 57.0 Å². The number of hydrogen-bond acceptors (Lipinski definition) is 6. The molecule has 1 aromatic carbocycles. The van der Waals surface area contributed by atoms with Crippen LogP contribution in [0.5, 0.6) is 0 Å². The molecule has 2 aromatic rings. The van der Waals surface area contributed by atoms with Crippen LogP contribution in [0.15, 0.2) is 34.2 Å². The standard InChI is InChI=1S/C22H23N5O3/c1-23-16-3-6-24-20(28)19(16)18-10-12-9-14-15(11-17(12)25-18)22(30)27(21(14)29)13-4-7-26(2)8-5-13/h3,6,9,11,13H,4-5,7-8,10H2,1-2H3,(H2,23,24,28). The van der Waals surface area contributed by atoms with Gasteiger partial charge in [-0.05, 0) is 56.7 Å². The fourth-order valence-electron chi connectivity index (χ4n) is 4.65. The van der Waals surface area contributed by atoms with Gasteiger partial charge in [0, 0.05) is 25.7 Å². The summed E-state index contributed by atoms with van der Waals surface area (Å²) in [7, 11) is 3.81. The Morgan fingerprint density at radius 3 is 2.50 bits per heavy atom. The van der Waals surface area contributed by atoms with Gasteiger partial charge in [-0.2, -0.15) is 0 Å². The monoisotopic (exact) mass is 405 g/mol. The van der Waals surface area contributed by atoms with E-state index in [-0.39, 0.29) is 23.4 Å². The summed E-state index contributed by atoms with van der Waals surface area (Å²) in [5.74, 6) is -0.446. The predicted octanol–water partition coefficient (Wildman–Crippen LogP) is 1.78. The van der Waals surface area contributed by atoms with Crippen LogP contribution in [0, 0.1) is 0 Å². The van der Waals surface area contributed by atoms with Crippen LogP contribution in [0.1, 0.15) is 44.7 Å². The first-order valence-electron chi connectivity index (χ1n) is 10.2. The Morgan fingerprint density at radius 2 is 1.80 bits per heavy atom. The van der Waals surface area contributed by atoms with Crippen LogP contribution < -0.4 is 10.9 Å². The molecule has 1 aromatic heterocycles. The highest BCUT2D eigenvalue weighted by Crippen LogP contribution is 2.37. The number of fused-ring (bicyclic) bond motifs is 2. The Hall–Kier alpha value is -3.26. The Kier molecular flexibility index (Phi) is 4.32. The smallest absolute Gasteiger partial charge is 0.261 e. The molecule has 3 aliphatic heterocycles. The third-order valence-electron chi connectivity index (χ3n) is 6.30. The zero-order chi connectivity index (χ0) is 21.0. The molecule has 0 unspecified atom stereocenters. The molecular weight excluding hydrogens is 382 g/mol.